The molecule has 0 radical (unpaired) electrons. The molecule has 0 aliphatic rings. The van der Waals surface area contributed by atoms with Crippen molar-refractivity contribution in [3.05, 3.63) is 24.3 Å². The molecule has 0 spiro atoms. The molecule has 1 N–H and O–H groups in total. The van der Waals surface area contributed by atoms with Gasteiger partial charge in [0.05, 0.1) is 7.11 Å². The molecule has 1 atom stereocenters. The monoisotopic (exact) mass is 264 g/mol. The Kier molecular flexibility index (Phi) is 4.21. The van der Waals surface area contributed by atoms with E-state index in [-0.39, 0.29) is 6.04 Å². The molecule has 0 aliphatic heterocycles. The van der Waals surface area contributed by atoms with E-state index < -0.39 is 20.9 Å². The van der Waals surface area contributed by atoms with E-state index in [1.807, 2.05) is 0 Å². The maximum absolute atomic E-state index is 12.1. The molecule has 0 bridgehead atoms. The fraction of sp³-hybridized carbons (Fsp3) is 0.455. The average molecular weight is 264 g/mol. The topological polar surface area (TPSA) is 29.5 Å². The van der Waals surface area contributed by atoms with Crippen molar-refractivity contribution in [3.63, 3.8) is 0 Å². The Morgan fingerprint density at radius 1 is 1.24 bits per heavy atom. The highest BCUT2D eigenvalue weighted by Crippen LogP contribution is 2.25. The molecule has 6 heteroatoms. The summed E-state index contributed by atoms with van der Waals surface area (Å²) in [5.74, 6) is 0.620. The first-order valence-corrected chi connectivity index (χ1v) is 7.84. The van der Waals surface area contributed by atoms with Crippen molar-refractivity contribution in [3.8, 4) is 5.75 Å². The first kappa shape index (κ1) is 14.0. The normalized spacial score (nSPS) is 15.4. The van der Waals surface area contributed by atoms with Crippen molar-refractivity contribution < 1.29 is 22.7 Å². The Morgan fingerprint density at radius 3 is 2.18 bits per heavy atom. The van der Waals surface area contributed by atoms with Crippen molar-refractivity contribution in [2.75, 3.05) is 7.11 Å². The molecule has 0 aliphatic carbocycles. The van der Waals surface area contributed by atoms with E-state index in [1.54, 1.807) is 24.3 Å². The summed E-state index contributed by atoms with van der Waals surface area (Å²) in [6.45, 7) is 1.51. The van der Waals surface area contributed by atoms with Gasteiger partial charge in [-0.3, -0.25) is 0 Å². The van der Waals surface area contributed by atoms with E-state index in [4.69, 9.17) is 4.74 Å². The molecule has 0 saturated heterocycles. The van der Waals surface area contributed by atoms with Crippen LogP contribution in [-0.2, 0) is 0 Å². The van der Waals surface area contributed by atoms with Crippen molar-refractivity contribution in [2.24, 2.45) is 0 Å². The summed E-state index contributed by atoms with van der Waals surface area (Å²) in [5, 5.41) is 0.586. The standard InChI is InChI=1S/C11H15F3O2Si/c1-16-9-3-5-10(6-4-9)17(2,15)8-7-11(12,13)14/h3-6,15H,7-8H2,1-2H3. The fourth-order valence-corrected chi connectivity index (χ4v) is 3.42. The van der Waals surface area contributed by atoms with Crippen LogP contribution >= 0.6 is 0 Å². The lowest BCUT2D eigenvalue weighted by Crippen LogP contribution is -2.45. The van der Waals surface area contributed by atoms with Gasteiger partial charge in [-0.15, -0.1) is 0 Å². The molecular weight excluding hydrogens is 249 g/mol. The lowest BCUT2D eigenvalue weighted by molar-refractivity contribution is -0.131. The zero-order valence-electron chi connectivity index (χ0n) is 9.71. The van der Waals surface area contributed by atoms with E-state index in [0.717, 1.165) is 0 Å². The number of alkyl halides is 3. The predicted octanol–water partition coefficient (Wildman–Crippen LogP) is 2.42. The lowest BCUT2D eigenvalue weighted by Gasteiger charge is -2.21. The highest BCUT2D eigenvalue weighted by atomic mass is 28.4. The number of hydrogen-bond acceptors (Lipinski definition) is 2. The molecule has 96 valence electrons. The number of rotatable bonds is 4. The van der Waals surface area contributed by atoms with Gasteiger partial charge in [0, 0.05) is 6.42 Å². The van der Waals surface area contributed by atoms with Gasteiger partial charge in [0.15, 0.2) is 0 Å². The van der Waals surface area contributed by atoms with Gasteiger partial charge in [0.1, 0.15) is 5.75 Å². The highest BCUT2D eigenvalue weighted by Gasteiger charge is 2.35. The van der Waals surface area contributed by atoms with E-state index >= 15 is 0 Å². The molecule has 0 amide bonds. The first-order valence-electron chi connectivity index (χ1n) is 5.18. The van der Waals surface area contributed by atoms with Crippen molar-refractivity contribution in [2.45, 2.75) is 25.2 Å². The van der Waals surface area contributed by atoms with Crippen LogP contribution in [0.3, 0.4) is 0 Å². The van der Waals surface area contributed by atoms with E-state index in [0.29, 0.717) is 10.9 Å². The summed E-state index contributed by atoms with van der Waals surface area (Å²) < 4.78 is 41.3. The van der Waals surface area contributed by atoms with Crippen molar-refractivity contribution >= 4 is 13.5 Å². The second kappa shape index (κ2) is 5.10. The molecule has 0 saturated carbocycles. The minimum absolute atomic E-state index is 0.219. The predicted molar refractivity (Wildman–Crippen MR) is 61.9 cm³/mol. The van der Waals surface area contributed by atoms with Gasteiger partial charge < -0.3 is 9.53 Å². The molecule has 0 fully saturated rings. The number of methoxy groups -OCH3 is 1. The van der Waals surface area contributed by atoms with Crippen LogP contribution in [-0.4, -0.2) is 26.4 Å². The van der Waals surface area contributed by atoms with Crippen LogP contribution in [0.25, 0.3) is 0 Å². The Balaban J connectivity index is 2.74. The molecule has 0 aromatic heterocycles. The third-order valence-electron chi connectivity index (χ3n) is 2.61. The number of benzene rings is 1. The second-order valence-corrected chi connectivity index (χ2v) is 7.74. The lowest BCUT2D eigenvalue weighted by atomic mass is 10.3. The molecule has 1 rings (SSSR count). The summed E-state index contributed by atoms with van der Waals surface area (Å²) in [7, 11) is -1.49. The van der Waals surface area contributed by atoms with Gasteiger partial charge in [-0.2, -0.15) is 13.2 Å². The largest absolute Gasteiger partial charge is 0.497 e. The Hall–Kier alpha value is -1.01. The van der Waals surface area contributed by atoms with Crippen LogP contribution in [0.1, 0.15) is 6.42 Å². The molecule has 2 nitrogen and oxygen atoms in total. The number of ether oxygens (including phenoxy) is 1. The molecule has 1 unspecified atom stereocenters. The zero-order chi connectivity index (χ0) is 13.1. The zero-order valence-corrected chi connectivity index (χ0v) is 10.7. The van der Waals surface area contributed by atoms with Crippen LogP contribution in [0.4, 0.5) is 13.2 Å². The third-order valence-corrected chi connectivity index (χ3v) is 5.41. The van der Waals surface area contributed by atoms with Crippen LogP contribution in [0.15, 0.2) is 24.3 Å². The molecule has 17 heavy (non-hydrogen) atoms. The quantitative estimate of drug-likeness (QED) is 0.846. The van der Waals surface area contributed by atoms with Gasteiger partial charge >= 0.3 is 6.18 Å². The Morgan fingerprint density at radius 2 is 1.76 bits per heavy atom. The van der Waals surface area contributed by atoms with E-state index in [1.165, 1.54) is 13.7 Å². The van der Waals surface area contributed by atoms with Crippen LogP contribution < -0.4 is 9.92 Å². The minimum atomic E-state index is -4.22. The van der Waals surface area contributed by atoms with Crippen molar-refractivity contribution in [1.82, 2.24) is 0 Å². The van der Waals surface area contributed by atoms with Gasteiger partial charge in [-0.1, -0.05) is 12.1 Å². The summed E-state index contributed by atoms with van der Waals surface area (Å²) in [5.41, 5.74) is 0. The van der Waals surface area contributed by atoms with Crippen LogP contribution in [0, 0.1) is 0 Å². The highest BCUT2D eigenvalue weighted by molar-refractivity contribution is 6.84. The molecule has 1 aromatic rings. The Bertz CT molecular complexity index is 360. The SMILES string of the molecule is COc1ccc([Si](C)(O)CCC(F)(F)F)cc1. The maximum atomic E-state index is 12.1. The third kappa shape index (κ3) is 4.39. The van der Waals surface area contributed by atoms with E-state index in [2.05, 4.69) is 0 Å². The van der Waals surface area contributed by atoms with Gasteiger partial charge in [-0.25, -0.2) is 0 Å². The van der Waals surface area contributed by atoms with Crippen LogP contribution in [0.2, 0.25) is 12.6 Å². The number of hydrogen-bond donors (Lipinski definition) is 1. The van der Waals surface area contributed by atoms with Gasteiger partial charge in [0.2, 0.25) is 8.32 Å². The minimum Gasteiger partial charge on any atom is -0.497 e. The number of halogens is 3. The summed E-state index contributed by atoms with van der Waals surface area (Å²) >= 11 is 0. The second-order valence-electron chi connectivity index (χ2n) is 4.12. The smallest absolute Gasteiger partial charge is 0.388 e. The Labute approximate surface area is 99.2 Å². The fourth-order valence-electron chi connectivity index (χ4n) is 1.48. The maximum Gasteiger partial charge on any atom is 0.388 e. The van der Waals surface area contributed by atoms with Gasteiger partial charge in [-0.05, 0) is 29.9 Å². The molecular formula is C11H15F3O2Si. The van der Waals surface area contributed by atoms with Crippen molar-refractivity contribution in [1.29, 1.82) is 0 Å². The van der Waals surface area contributed by atoms with Crippen LogP contribution in [0.5, 0.6) is 5.75 Å². The molecule has 0 heterocycles. The average Bonchev–Trinajstić information content (AvgIpc) is 2.26. The van der Waals surface area contributed by atoms with Gasteiger partial charge in [0.25, 0.3) is 0 Å². The first-order chi connectivity index (χ1) is 7.74. The summed E-state index contributed by atoms with van der Waals surface area (Å²) in [4.78, 5) is 10.1. The van der Waals surface area contributed by atoms with E-state index in [9.17, 15) is 18.0 Å². The summed E-state index contributed by atoms with van der Waals surface area (Å²) in [6.07, 6.45) is -5.16. The summed E-state index contributed by atoms with van der Waals surface area (Å²) in [6, 6.07) is 6.32. The molecule has 1 aromatic carbocycles.